The van der Waals surface area contributed by atoms with Crippen LogP contribution in [0.5, 0.6) is 5.75 Å². The largest absolute Gasteiger partial charge is 0.497 e. The Labute approximate surface area is 123 Å². The number of benzene rings is 1. The quantitative estimate of drug-likeness (QED) is 0.783. The zero-order valence-corrected chi connectivity index (χ0v) is 12.4. The minimum Gasteiger partial charge on any atom is -0.497 e. The molecule has 0 aliphatic rings. The van der Waals surface area contributed by atoms with E-state index in [1.165, 1.54) is 0 Å². The van der Waals surface area contributed by atoms with Gasteiger partial charge in [-0.25, -0.2) is 4.98 Å². The van der Waals surface area contributed by atoms with E-state index in [1.807, 2.05) is 29.6 Å². The monoisotopic (exact) mass is 292 g/mol. The summed E-state index contributed by atoms with van der Waals surface area (Å²) < 4.78 is 5.18. The van der Waals surface area contributed by atoms with Crippen LogP contribution in [-0.2, 0) is 13.0 Å². The molecular weight excluding hydrogens is 272 g/mol. The smallest absolute Gasteiger partial charge is 0.119 e. The highest BCUT2D eigenvalue weighted by molar-refractivity contribution is 7.09. The minimum atomic E-state index is -0.343. The molecular formula is C15H20N2O2S. The Morgan fingerprint density at radius 1 is 1.45 bits per heavy atom. The van der Waals surface area contributed by atoms with Crippen molar-refractivity contribution >= 4 is 11.3 Å². The summed E-state index contributed by atoms with van der Waals surface area (Å²) in [5.74, 6) is 0.855. The first-order valence-electron chi connectivity index (χ1n) is 6.68. The molecule has 5 heteroatoms. The van der Waals surface area contributed by atoms with Gasteiger partial charge in [-0.2, -0.15) is 0 Å². The molecule has 2 rings (SSSR count). The third-order valence-corrected chi connectivity index (χ3v) is 3.86. The minimum absolute atomic E-state index is 0.343. The van der Waals surface area contributed by atoms with Gasteiger partial charge in [-0.15, -0.1) is 11.3 Å². The molecule has 0 saturated carbocycles. The SMILES string of the molecule is COc1cccc(CNCC(O)CCc2nccs2)c1. The first kappa shape index (κ1) is 15.0. The second-order valence-corrected chi connectivity index (χ2v) is 5.58. The van der Waals surface area contributed by atoms with E-state index < -0.39 is 0 Å². The van der Waals surface area contributed by atoms with Gasteiger partial charge in [0.05, 0.1) is 18.2 Å². The summed E-state index contributed by atoms with van der Waals surface area (Å²) in [5, 5.41) is 16.2. The van der Waals surface area contributed by atoms with Crippen molar-refractivity contribution in [2.45, 2.75) is 25.5 Å². The molecule has 1 aromatic heterocycles. The molecule has 0 fully saturated rings. The topological polar surface area (TPSA) is 54.4 Å². The summed E-state index contributed by atoms with van der Waals surface area (Å²) in [6, 6.07) is 7.92. The van der Waals surface area contributed by atoms with Crippen LogP contribution in [0.25, 0.3) is 0 Å². The van der Waals surface area contributed by atoms with Crippen molar-refractivity contribution in [3.05, 3.63) is 46.4 Å². The van der Waals surface area contributed by atoms with Crippen LogP contribution in [0.4, 0.5) is 0 Å². The zero-order valence-electron chi connectivity index (χ0n) is 11.6. The van der Waals surface area contributed by atoms with Crippen molar-refractivity contribution in [3.8, 4) is 5.75 Å². The second-order valence-electron chi connectivity index (χ2n) is 4.60. The number of hydrogen-bond donors (Lipinski definition) is 2. The molecule has 0 radical (unpaired) electrons. The molecule has 20 heavy (non-hydrogen) atoms. The molecule has 1 aromatic carbocycles. The van der Waals surface area contributed by atoms with Crippen LogP contribution >= 0.6 is 11.3 Å². The maximum Gasteiger partial charge on any atom is 0.119 e. The van der Waals surface area contributed by atoms with Gasteiger partial charge in [0.2, 0.25) is 0 Å². The zero-order chi connectivity index (χ0) is 14.2. The lowest BCUT2D eigenvalue weighted by Gasteiger charge is -2.11. The predicted molar refractivity (Wildman–Crippen MR) is 81.1 cm³/mol. The summed E-state index contributed by atoms with van der Waals surface area (Å²) in [4.78, 5) is 4.21. The second kappa shape index (κ2) is 7.99. The average molecular weight is 292 g/mol. The number of aromatic nitrogens is 1. The lowest BCUT2D eigenvalue weighted by Crippen LogP contribution is -2.26. The maximum absolute atomic E-state index is 9.92. The van der Waals surface area contributed by atoms with Crippen molar-refractivity contribution in [1.29, 1.82) is 0 Å². The van der Waals surface area contributed by atoms with Crippen LogP contribution in [0.15, 0.2) is 35.8 Å². The number of nitrogens with zero attached hydrogens (tertiary/aromatic N) is 1. The number of aliphatic hydroxyl groups excluding tert-OH is 1. The highest BCUT2D eigenvalue weighted by atomic mass is 32.1. The molecule has 0 bridgehead atoms. The molecule has 4 nitrogen and oxygen atoms in total. The van der Waals surface area contributed by atoms with Crippen LogP contribution in [0.2, 0.25) is 0 Å². The third-order valence-electron chi connectivity index (χ3n) is 3.02. The Morgan fingerprint density at radius 2 is 2.35 bits per heavy atom. The van der Waals surface area contributed by atoms with Crippen LogP contribution in [0, 0.1) is 0 Å². The van der Waals surface area contributed by atoms with Crippen LogP contribution in [0.3, 0.4) is 0 Å². The fourth-order valence-corrected chi connectivity index (χ4v) is 2.57. The number of nitrogens with one attached hydrogen (secondary N) is 1. The molecule has 2 aromatic rings. The molecule has 1 atom stereocenters. The average Bonchev–Trinajstić information content (AvgIpc) is 2.99. The van der Waals surface area contributed by atoms with E-state index in [9.17, 15) is 5.11 Å². The molecule has 1 heterocycles. The number of aryl methyl sites for hydroxylation is 1. The van der Waals surface area contributed by atoms with Crippen molar-refractivity contribution in [2.24, 2.45) is 0 Å². The summed E-state index contributed by atoms with van der Waals surface area (Å²) in [7, 11) is 1.66. The van der Waals surface area contributed by atoms with Crippen molar-refractivity contribution in [2.75, 3.05) is 13.7 Å². The Balaban J connectivity index is 1.66. The van der Waals surface area contributed by atoms with Crippen LogP contribution in [0.1, 0.15) is 17.0 Å². The Morgan fingerprint density at radius 3 is 3.10 bits per heavy atom. The van der Waals surface area contributed by atoms with E-state index in [1.54, 1.807) is 24.6 Å². The van der Waals surface area contributed by atoms with E-state index in [-0.39, 0.29) is 6.10 Å². The summed E-state index contributed by atoms with van der Waals surface area (Å²) in [6.45, 7) is 1.31. The van der Waals surface area contributed by atoms with E-state index in [0.29, 0.717) is 6.54 Å². The van der Waals surface area contributed by atoms with Gasteiger partial charge in [0, 0.05) is 31.1 Å². The summed E-state index contributed by atoms with van der Waals surface area (Å²) in [5.41, 5.74) is 1.15. The van der Waals surface area contributed by atoms with Crippen molar-refractivity contribution in [3.63, 3.8) is 0 Å². The molecule has 0 amide bonds. The first-order chi connectivity index (χ1) is 9.78. The first-order valence-corrected chi connectivity index (χ1v) is 7.56. The molecule has 2 N–H and O–H groups in total. The lowest BCUT2D eigenvalue weighted by molar-refractivity contribution is 0.161. The highest BCUT2D eigenvalue weighted by Crippen LogP contribution is 2.12. The molecule has 108 valence electrons. The molecule has 0 spiro atoms. The normalized spacial score (nSPS) is 12.3. The van der Waals surface area contributed by atoms with E-state index in [0.717, 1.165) is 35.7 Å². The van der Waals surface area contributed by atoms with E-state index in [4.69, 9.17) is 4.74 Å². The molecule has 1 unspecified atom stereocenters. The number of methoxy groups -OCH3 is 1. The van der Waals surface area contributed by atoms with Gasteiger partial charge >= 0.3 is 0 Å². The Bertz CT molecular complexity index is 502. The summed E-state index contributed by atoms with van der Waals surface area (Å²) in [6.07, 6.45) is 3.02. The number of ether oxygens (including phenoxy) is 1. The maximum atomic E-state index is 9.92. The van der Waals surface area contributed by atoms with Crippen molar-refractivity contribution < 1.29 is 9.84 Å². The molecule has 0 saturated heterocycles. The fourth-order valence-electron chi connectivity index (χ4n) is 1.93. The fraction of sp³-hybridized carbons (Fsp3) is 0.400. The molecule has 0 aliphatic carbocycles. The van der Waals surface area contributed by atoms with Gasteiger partial charge in [-0.05, 0) is 24.1 Å². The lowest BCUT2D eigenvalue weighted by atomic mass is 10.2. The Hall–Kier alpha value is -1.43. The highest BCUT2D eigenvalue weighted by Gasteiger charge is 2.05. The predicted octanol–water partition coefficient (Wildman–Crippen LogP) is 2.24. The van der Waals surface area contributed by atoms with Gasteiger partial charge < -0.3 is 15.2 Å². The molecule has 0 aliphatic heterocycles. The van der Waals surface area contributed by atoms with Gasteiger partial charge in [0.1, 0.15) is 5.75 Å². The van der Waals surface area contributed by atoms with Crippen molar-refractivity contribution in [1.82, 2.24) is 10.3 Å². The summed E-state index contributed by atoms with van der Waals surface area (Å²) >= 11 is 1.63. The number of hydrogen-bond acceptors (Lipinski definition) is 5. The third kappa shape index (κ3) is 4.92. The van der Waals surface area contributed by atoms with Crippen LogP contribution < -0.4 is 10.1 Å². The van der Waals surface area contributed by atoms with Gasteiger partial charge in [-0.1, -0.05) is 12.1 Å². The number of aliphatic hydroxyl groups is 1. The van der Waals surface area contributed by atoms with Gasteiger partial charge in [0.15, 0.2) is 0 Å². The van der Waals surface area contributed by atoms with Gasteiger partial charge in [-0.3, -0.25) is 0 Å². The number of thiazole rings is 1. The van der Waals surface area contributed by atoms with E-state index >= 15 is 0 Å². The van der Waals surface area contributed by atoms with E-state index in [2.05, 4.69) is 10.3 Å². The standard InChI is InChI=1S/C15H20N2O2S/c1-19-14-4-2-3-12(9-14)10-16-11-13(18)5-6-15-17-7-8-20-15/h2-4,7-9,13,16,18H,5-6,10-11H2,1H3. The van der Waals surface area contributed by atoms with Gasteiger partial charge in [0.25, 0.3) is 0 Å². The van der Waals surface area contributed by atoms with Crippen LogP contribution in [-0.4, -0.2) is 29.8 Å². The Kier molecular flexibility index (Phi) is 5.98. The number of rotatable bonds is 8.